The topological polar surface area (TPSA) is 70.7 Å². The first-order valence-corrected chi connectivity index (χ1v) is 12.1. The van der Waals surface area contributed by atoms with Gasteiger partial charge in [0.1, 0.15) is 5.75 Å². The number of nitrogens with zero attached hydrogens (tertiary/aromatic N) is 1. The van der Waals surface area contributed by atoms with Crippen LogP contribution in [0.3, 0.4) is 0 Å². The Morgan fingerprint density at radius 3 is 2.59 bits per heavy atom. The van der Waals surface area contributed by atoms with Crippen molar-refractivity contribution in [3.8, 4) is 5.75 Å². The van der Waals surface area contributed by atoms with Gasteiger partial charge in [0, 0.05) is 18.7 Å². The Kier molecular flexibility index (Phi) is 9.05. The van der Waals surface area contributed by atoms with E-state index >= 15 is 0 Å². The Balaban J connectivity index is 1.63. The van der Waals surface area contributed by atoms with Crippen LogP contribution in [0.4, 0.5) is 5.69 Å². The van der Waals surface area contributed by atoms with Gasteiger partial charge in [-0.15, -0.1) is 0 Å². The summed E-state index contributed by atoms with van der Waals surface area (Å²) in [4.78, 5) is 27.5. The summed E-state index contributed by atoms with van der Waals surface area (Å²) in [5, 5.41) is 5.82. The maximum atomic E-state index is 12.9. The van der Waals surface area contributed by atoms with Crippen LogP contribution in [0, 0.1) is 0 Å². The van der Waals surface area contributed by atoms with Crippen LogP contribution in [-0.2, 0) is 0 Å². The molecule has 0 saturated carbocycles. The smallest absolute Gasteiger partial charge is 0.257 e. The summed E-state index contributed by atoms with van der Waals surface area (Å²) in [7, 11) is 0. The number of amides is 2. The maximum Gasteiger partial charge on any atom is 0.257 e. The second-order valence-corrected chi connectivity index (χ2v) is 8.92. The molecule has 8 heteroatoms. The van der Waals surface area contributed by atoms with Crippen molar-refractivity contribution < 1.29 is 14.3 Å². The summed E-state index contributed by atoms with van der Waals surface area (Å²) in [6, 6.07) is 12.4. The number of unbranched alkanes of at least 4 members (excludes halogenated alkanes) is 1. The average molecular weight is 518 g/mol. The van der Waals surface area contributed by atoms with E-state index < -0.39 is 0 Å². The molecule has 0 bridgehead atoms. The Labute approximate surface area is 202 Å². The second-order valence-electron chi connectivity index (χ2n) is 7.65. The van der Waals surface area contributed by atoms with E-state index in [-0.39, 0.29) is 16.9 Å². The molecule has 170 valence electrons. The number of piperidine rings is 1. The number of para-hydroxylation sites is 1. The predicted octanol–water partition coefficient (Wildman–Crippen LogP) is 5.38. The Morgan fingerprint density at radius 2 is 1.88 bits per heavy atom. The van der Waals surface area contributed by atoms with E-state index in [9.17, 15) is 9.59 Å². The fraction of sp³-hybridized carbons (Fsp3) is 0.375. The van der Waals surface area contributed by atoms with Crippen molar-refractivity contribution in [2.75, 3.05) is 25.0 Å². The molecule has 1 aliphatic rings. The molecule has 32 heavy (non-hydrogen) atoms. The zero-order valence-electron chi connectivity index (χ0n) is 18.2. The van der Waals surface area contributed by atoms with Crippen LogP contribution in [0.15, 0.2) is 46.9 Å². The summed E-state index contributed by atoms with van der Waals surface area (Å²) in [5.41, 5.74) is 1.57. The van der Waals surface area contributed by atoms with Crippen molar-refractivity contribution in [1.82, 2.24) is 10.2 Å². The van der Waals surface area contributed by atoms with E-state index in [2.05, 4.69) is 33.5 Å². The molecule has 1 aliphatic heterocycles. The number of halogens is 1. The third-order valence-corrected chi connectivity index (χ3v) is 6.05. The molecular weight excluding hydrogens is 490 g/mol. The molecule has 6 nitrogen and oxygen atoms in total. The normalized spacial score (nSPS) is 13.4. The number of hydrogen-bond acceptors (Lipinski definition) is 4. The van der Waals surface area contributed by atoms with Gasteiger partial charge in [-0.25, -0.2) is 0 Å². The molecule has 0 spiro atoms. The van der Waals surface area contributed by atoms with E-state index in [1.807, 2.05) is 17.0 Å². The molecule has 2 amide bonds. The van der Waals surface area contributed by atoms with Gasteiger partial charge in [0.25, 0.3) is 11.8 Å². The molecule has 1 heterocycles. The van der Waals surface area contributed by atoms with Gasteiger partial charge >= 0.3 is 0 Å². The zero-order chi connectivity index (χ0) is 22.9. The van der Waals surface area contributed by atoms with Crippen molar-refractivity contribution in [2.45, 2.75) is 39.0 Å². The van der Waals surface area contributed by atoms with Crippen molar-refractivity contribution in [2.24, 2.45) is 0 Å². The van der Waals surface area contributed by atoms with Crippen molar-refractivity contribution >= 4 is 50.8 Å². The first-order chi connectivity index (χ1) is 15.5. The molecule has 0 unspecified atom stereocenters. The number of carbonyl (C=O) groups excluding carboxylic acids is 2. The van der Waals surface area contributed by atoms with Gasteiger partial charge in [-0.05, 0) is 84.2 Å². The number of hydrogen-bond donors (Lipinski definition) is 2. The monoisotopic (exact) mass is 517 g/mol. The van der Waals surface area contributed by atoms with Gasteiger partial charge in [0.2, 0.25) is 0 Å². The van der Waals surface area contributed by atoms with Crippen LogP contribution in [0.25, 0.3) is 0 Å². The number of benzene rings is 2. The van der Waals surface area contributed by atoms with Gasteiger partial charge in [0.15, 0.2) is 5.11 Å². The van der Waals surface area contributed by atoms with Gasteiger partial charge in [-0.3, -0.25) is 14.9 Å². The number of ether oxygens (including phenoxy) is 1. The lowest BCUT2D eigenvalue weighted by Gasteiger charge is -2.27. The molecule has 0 aliphatic carbocycles. The number of carbonyl (C=O) groups is 2. The van der Waals surface area contributed by atoms with E-state index in [1.165, 1.54) is 0 Å². The number of rotatable bonds is 7. The fourth-order valence-electron chi connectivity index (χ4n) is 3.46. The Morgan fingerprint density at radius 1 is 1.12 bits per heavy atom. The highest BCUT2D eigenvalue weighted by atomic mass is 79.9. The van der Waals surface area contributed by atoms with Crippen LogP contribution < -0.4 is 15.4 Å². The Hall–Kier alpha value is -2.45. The van der Waals surface area contributed by atoms with Gasteiger partial charge < -0.3 is 15.0 Å². The first-order valence-electron chi connectivity index (χ1n) is 10.9. The lowest BCUT2D eigenvalue weighted by Crippen LogP contribution is -2.37. The summed E-state index contributed by atoms with van der Waals surface area (Å²) in [5.74, 6) is 0.327. The number of thiocarbonyl (C=S) groups is 1. The molecular formula is C24H28BrN3O3S. The van der Waals surface area contributed by atoms with Gasteiger partial charge in [-0.2, -0.15) is 0 Å². The molecule has 0 atom stereocenters. The number of likely N-dealkylation sites (tertiary alicyclic amines) is 1. The van der Waals surface area contributed by atoms with Crippen molar-refractivity contribution in [1.29, 1.82) is 0 Å². The number of nitrogens with one attached hydrogen (secondary N) is 2. The third-order valence-electron chi connectivity index (χ3n) is 5.23. The largest absolute Gasteiger partial charge is 0.492 e. The summed E-state index contributed by atoms with van der Waals surface area (Å²) < 4.78 is 6.41. The molecule has 2 aromatic carbocycles. The van der Waals surface area contributed by atoms with E-state index in [0.717, 1.165) is 45.2 Å². The minimum absolute atomic E-state index is 0.0236. The summed E-state index contributed by atoms with van der Waals surface area (Å²) >= 11 is 8.79. The van der Waals surface area contributed by atoms with Gasteiger partial charge in [-0.1, -0.05) is 25.5 Å². The molecule has 0 aromatic heterocycles. The van der Waals surface area contributed by atoms with E-state index in [4.69, 9.17) is 17.0 Å². The van der Waals surface area contributed by atoms with Crippen molar-refractivity contribution in [3.05, 3.63) is 58.1 Å². The quantitative estimate of drug-likeness (QED) is 0.381. The van der Waals surface area contributed by atoms with Crippen LogP contribution in [0.2, 0.25) is 0 Å². The highest BCUT2D eigenvalue weighted by Crippen LogP contribution is 2.26. The highest BCUT2D eigenvalue weighted by Gasteiger charge is 2.21. The first kappa shape index (κ1) is 24.2. The lowest BCUT2D eigenvalue weighted by molar-refractivity contribution is 0.0725. The second kappa shape index (κ2) is 12.0. The lowest BCUT2D eigenvalue weighted by atomic mass is 10.1. The average Bonchev–Trinajstić information content (AvgIpc) is 2.80. The SMILES string of the molecule is CCCCOc1ccc(C(=O)NC(=S)Nc2ccccc2C(=O)N2CCCCC2)cc1Br. The minimum atomic E-state index is -0.344. The molecule has 2 N–H and O–H groups in total. The van der Waals surface area contributed by atoms with E-state index in [0.29, 0.717) is 33.6 Å². The molecule has 1 fully saturated rings. The fourth-order valence-corrected chi connectivity index (χ4v) is 4.16. The Bertz CT molecular complexity index is 977. The highest BCUT2D eigenvalue weighted by molar-refractivity contribution is 9.10. The minimum Gasteiger partial charge on any atom is -0.492 e. The molecule has 3 rings (SSSR count). The zero-order valence-corrected chi connectivity index (χ0v) is 20.6. The van der Waals surface area contributed by atoms with Crippen LogP contribution >= 0.6 is 28.1 Å². The summed E-state index contributed by atoms with van der Waals surface area (Å²) in [6.45, 7) is 4.26. The van der Waals surface area contributed by atoms with Crippen LogP contribution in [0.1, 0.15) is 59.7 Å². The molecule has 2 aromatic rings. The van der Waals surface area contributed by atoms with E-state index in [1.54, 1.807) is 30.3 Å². The standard InChI is InChI=1S/C24H28BrN3O3S/c1-2-3-15-31-21-12-11-17(16-19(21)25)22(29)27-24(32)26-20-10-6-5-9-18(20)23(30)28-13-7-4-8-14-28/h5-6,9-12,16H,2-4,7-8,13-15H2,1H3,(H2,26,27,29,32). The van der Waals surface area contributed by atoms with Crippen LogP contribution in [0.5, 0.6) is 5.75 Å². The third kappa shape index (κ3) is 6.53. The van der Waals surface area contributed by atoms with Gasteiger partial charge in [0.05, 0.1) is 22.3 Å². The van der Waals surface area contributed by atoms with Crippen molar-refractivity contribution in [3.63, 3.8) is 0 Å². The number of anilines is 1. The molecule has 1 saturated heterocycles. The molecule has 0 radical (unpaired) electrons. The predicted molar refractivity (Wildman–Crippen MR) is 134 cm³/mol. The maximum absolute atomic E-state index is 12.9. The van der Waals surface area contributed by atoms with Crippen LogP contribution in [-0.4, -0.2) is 41.5 Å². The summed E-state index contributed by atoms with van der Waals surface area (Å²) in [6.07, 6.45) is 5.22.